The molecule has 3 N–H and O–H groups in total. The number of rotatable bonds is 1. The fraction of sp³-hybridized carbons (Fsp3) is 0.167. The molecule has 0 spiro atoms. The van der Waals surface area contributed by atoms with E-state index in [9.17, 15) is 4.79 Å². The molecule has 0 saturated carbocycles. The summed E-state index contributed by atoms with van der Waals surface area (Å²) in [6.07, 6.45) is 0. The Labute approximate surface area is 62.2 Å². The SMILES string of the molecule is CC(=O)Oc1cc(O)[nH]c1O. The summed E-state index contributed by atoms with van der Waals surface area (Å²) in [4.78, 5) is 12.5. The zero-order valence-corrected chi connectivity index (χ0v) is 5.79. The molecule has 1 rings (SSSR count). The fourth-order valence-corrected chi connectivity index (χ4v) is 0.644. The van der Waals surface area contributed by atoms with E-state index in [0.717, 1.165) is 6.07 Å². The minimum Gasteiger partial charge on any atom is -0.494 e. The second kappa shape index (κ2) is 2.53. The van der Waals surface area contributed by atoms with Gasteiger partial charge in [-0.05, 0) is 0 Å². The summed E-state index contributed by atoms with van der Waals surface area (Å²) in [5.74, 6) is -1.24. The second-order valence-electron chi connectivity index (χ2n) is 1.96. The van der Waals surface area contributed by atoms with E-state index in [2.05, 4.69) is 9.72 Å². The summed E-state index contributed by atoms with van der Waals surface area (Å²) < 4.78 is 4.49. The Morgan fingerprint density at radius 3 is 2.64 bits per heavy atom. The van der Waals surface area contributed by atoms with E-state index in [1.165, 1.54) is 6.92 Å². The van der Waals surface area contributed by atoms with Crippen LogP contribution in [0.5, 0.6) is 17.5 Å². The number of carbonyl (C=O) groups is 1. The third-order valence-corrected chi connectivity index (χ3v) is 1.00. The molecule has 1 aromatic rings. The molecule has 0 aromatic carbocycles. The molecule has 60 valence electrons. The van der Waals surface area contributed by atoms with Crippen molar-refractivity contribution < 1.29 is 19.7 Å². The number of hydrogen-bond acceptors (Lipinski definition) is 4. The van der Waals surface area contributed by atoms with Crippen LogP contribution < -0.4 is 4.74 Å². The molecule has 0 aliphatic heterocycles. The predicted molar refractivity (Wildman–Crippen MR) is 35.4 cm³/mol. The van der Waals surface area contributed by atoms with Gasteiger partial charge in [0, 0.05) is 13.0 Å². The highest BCUT2D eigenvalue weighted by Crippen LogP contribution is 2.29. The van der Waals surface area contributed by atoms with Crippen LogP contribution in [0, 0.1) is 0 Å². The average molecular weight is 157 g/mol. The summed E-state index contributed by atoms with van der Waals surface area (Å²) in [6.45, 7) is 1.20. The van der Waals surface area contributed by atoms with E-state index in [-0.39, 0.29) is 17.5 Å². The van der Waals surface area contributed by atoms with Crippen molar-refractivity contribution in [1.82, 2.24) is 4.98 Å². The van der Waals surface area contributed by atoms with Crippen molar-refractivity contribution in [3.63, 3.8) is 0 Å². The van der Waals surface area contributed by atoms with Crippen LogP contribution in [-0.2, 0) is 4.79 Å². The summed E-state index contributed by atoms with van der Waals surface area (Å²) in [6, 6.07) is 1.11. The van der Waals surface area contributed by atoms with Crippen molar-refractivity contribution in [2.24, 2.45) is 0 Å². The molecule has 0 unspecified atom stereocenters. The Morgan fingerprint density at radius 1 is 1.64 bits per heavy atom. The van der Waals surface area contributed by atoms with Crippen LogP contribution in [0.15, 0.2) is 6.07 Å². The highest BCUT2D eigenvalue weighted by Gasteiger charge is 2.08. The number of hydrogen-bond donors (Lipinski definition) is 3. The minimum absolute atomic E-state index is 0.0741. The first kappa shape index (κ1) is 7.46. The van der Waals surface area contributed by atoms with E-state index in [0.29, 0.717) is 0 Å². The molecule has 5 nitrogen and oxygen atoms in total. The zero-order chi connectivity index (χ0) is 8.43. The number of aromatic amines is 1. The normalized spacial score (nSPS) is 9.55. The van der Waals surface area contributed by atoms with Crippen molar-refractivity contribution in [3.8, 4) is 17.5 Å². The summed E-state index contributed by atoms with van der Waals surface area (Å²) in [7, 11) is 0. The van der Waals surface area contributed by atoms with Crippen LogP contribution in [-0.4, -0.2) is 21.2 Å². The lowest BCUT2D eigenvalue weighted by atomic mass is 10.5. The lowest BCUT2D eigenvalue weighted by Crippen LogP contribution is -2.00. The van der Waals surface area contributed by atoms with Gasteiger partial charge < -0.3 is 14.9 Å². The first-order chi connectivity index (χ1) is 5.09. The Kier molecular flexibility index (Phi) is 1.72. The predicted octanol–water partition coefficient (Wildman–Crippen LogP) is 0.351. The van der Waals surface area contributed by atoms with Crippen LogP contribution >= 0.6 is 0 Å². The van der Waals surface area contributed by atoms with Gasteiger partial charge in [0.05, 0.1) is 0 Å². The highest BCUT2D eigenvalue weighted by molar-refractivity contribution is 5.70. The quantitative estimate of drug-likeness (QED) is 0.513. The number of H-pyrrole nitrogens is 1. The summed E-state index contributed by atoms with van der Waals surface area (Å²) in [5.41, 5.74) is 0. The summed E-state index contributed by atoms with van der Waals surface area (Å²) >= 11 is 0. The molecule has 1 heterocycles. The van der Waals surface area contributed by atoms with Crippen LogP contribution in [0.4, 0.5) is 0 Å². The van der Waals surface area contributed by atoms with Crippen molar-refractivity contribution >= 4 is 5.97 Å². The number of ether oxygens (including phenoxy) is 1. The summed E-state index contributed by atoms with van der Waals surface area (Å²) in [5, 5.41) is 17.6. The first-order valence-electron chi connectivity index (χ1n) is 2.89. The third-order valence-electron chi connectivity index (χ3n) is 1.00. The van der Waals surface area contributed by atoms with Gasteiger partial charge in [-0.1, -0.05) is 0 Å². The van der Waals surface area contributed by atoms with Gasteiger partial charge in [0.2, 0.25) is 5.88 Å². The van der Waals surface area contributed by atoms with Gasteiger partial charge >= 0.3 is 5.97 Å². The maximum Gasteiger partial charge on any atom is 0.308 e. The molecular weight excluding hydrogens is 150 g/mol. The molecule has 0 aliphatic carbocycles. The number of nitrogens with one attached hydrogen (secondary N) is 1. The van der Waals surface area contributed by atoms with Gasteiger partial charge in [0.15, 0.2) is 11.6 Å². The van der Waals surface area contributed by atoms with Crippen LogP contribution in [0.1, 0.15) is 6.92 Å². The molecule has 0 saturated heterocycles. The second-order valence-corrected chi connectivity index (χ2v) is 1.96. The molecule has 0 bridgehead atoms. The highest BCUT2D eigenvalue weighted by atomic mass is 16.5. The smallest absolute Gasteiger partial charge is 0.308 e. The van der Waals surface area contributed by atoms with Gasteiger partial charge in [-0.25, -0.2) is 0 Å². The molecule has 0 amide bonds. The van der Waals surface area contributed by atoms with Gasteiger partial charge in [-0.15, -0.1) is 0 Å². The topological polar surface area (TPSA) is 82.5 Å². The molecule has 5 heteroatoms. The molecule has 0 aliphatic rings. The van der Waals surface area contributed by atoms with E-state index in [1.54, 1.807) is 0 Å². The van der Waals surface area contributed by atoms with Gasteiger partial charge in [0.1, 0.15) is 0 Å². The maximum atomic E-state index is 10.3. The number of esters is 1. The largest absolute Gasteiger partial charge is 0.494 e. The van der Waals surface area contributed by atoms with Crippen molar-refractivity contribution in [1.29, 1.82) is 0 Å². The minimum atomic E-state index is -0.556. The Hall–Kier alpha value is -1.65. The van der Waals surface area contributed by atoms with Crippen molar-refractivity contribution in [2.45, 2.75) is 6.92 Å². The van der Waals surface area contributed by atoms with E-state index in [4.69, 9.17) is 10.2 Å². The average Bonchev–Trinajstić information content (AvgIpc) is 2.09. The van der Waals surface area contributed by atoms with Gasteiger partial charge in [0.25, 0.3) is 0 Å². The van der Waals surface area contributed by atoms with Crippen LogP contribution in [0.3, 0.4) is 0 Å². The van der Waals surface area contributed by atoms with E-state index in [1.807, 2.05) is 0 Å². The Balaban J connectivity index is 2.85. The standard InChI is InChI=1S/C6H7NO4/c1-3(8)11-4-2-5(9)7-6(4)10/h2,7,9-10H,1H3. The monoisotopic (exact) mass is 157 g/mol. The van der Waals surface area contributed by atoms with Crippen LogP contribution in [0.25, 0.3) is 0 Å². The first-order valence-corrected chi connectivity index (χ1v) is 2.89. The van der Waals surface area contributed by atoms with Crippen molar-refractivity contribution in [3.05, 3.63) is 6.07 Å². The maximum absolute atomic E-state index is 10.3. The zero-order valence-electron chi connectivity index (χ0n) is 5.79. The molecule has 0 fully saturated rings. The molecule has 11 heavy (non-hydrogen) atoms. The molecular formula is C6H7NO4. The molecule has 0 atom stereocenters. The van der Waals surface area contributed by atoms with Crippen LogP contribution in [0.2, 0.25) is 0 Å². The number of carbonyl (C=O) groups excluding carboxylic acids is 1. The lowest BCUT2D eigenvalue weighted by Gasteiger charge is -1.95. The molecule has 1 aromatic heterocycles. The Morgan fingerprint density at radius 2 is 2.27 bits per heavy atom. The van der Waals surface area contributed by atoms with E-state index >= 15 is 0 Å². The lowest BCUT2D eigenvalue weighted by molar-refractivity contribution is -0.132. The third kappa shape index (κ3) is 1.64. The van der Waals surface area contributed by atoms with Gasteiger partial charge in [-0.3, -0.25) is 9.78 Å². The number of aromatic nitrogens is 1. The van der Waals surface area contributed by atoms with Crippen molar-refractivity contribution in [2.75, 3.05) is 0 Å². The number of aromatic hydroxyl groups is 2. The van der Waals surface area contributed by atoms with Gasteiger partial charge in [-0.2, -0.15) is 0 Å². The van der Waals surface area contributed by atoms with E-state index < -0.39 is 5.97 Å². The Bertz CT molecular complexity index is 278. The fourth-order valence-electron chi connectivity index (χ4n) is 0.644. The molecule has 0 radical (unpaired) electrons.